The van der Waals surface area contributed by atoms with E-state index in [0.717, 1.165) is 24.2 Å². The Bertz CT molecular complexity index is 418. The Balaban J connectivity index is 1.74. The Morgan fingerprint density at radius 3 is 2.94 bits per heavy atom. The molecular weight excluding hydrogens is 222 g/mol. The third-order valence-electron chi connectivity index (χ3n) is 4.58. The van der Waals surface area contributed by atoms with Gasteiger partial charge >= 0.3 is 0 Å². The van der Waals surface area contributed by atoms with E-state index in [1.165, 1.54) is 38.0 Å². The Hall–Kier alpha value is -1.22. The highest BCUT2D eigenvalue weighted by atomic mass is 15.2. The van der Waals surface area contributed by atoms with Crippen LogP contribution in [0.4, 0.5) is 11.4 Å². The highest BCUT2D eigenvalue weighted by Gasteiger charge is 2.34. The minimum Gasteiger partial charge on any atom is -0.399 e. The van der Waals surface area contributed by atoms with Crippen LogP contribution in [0.1, 0.15) is 19.3 Å². The van der Waals surface area contributed by atoms with Crippen LogP contribution in [-0.2, 0) is 0 Å². The fraction of sp³-hybridized carbons (Fsp3) is 0.600. The van der Waals surface area contributed by atoms with Gasteiger partial charge in [-0.15, -0.1) is 0 Å². The number of hydrogen-bond acceptors (Lipinski definition) is 3. The highest BCUT2D eigenvalue weighted by molar-refractivity contribution is 5.56. The zero-order chi connectivity index (χ0) is 12.5. The molecule has 1 aromatic rings. The van der Waals surface area contributed by atoms with E-state index in [1.54, 1.807) is 0 Å². The monoisotopic (exact) mass is 245 g/mol. The van der Waals surface area contributed by atoms with E-state index in [9.17, 15) is 0 Å². The number of nitrogen functional groups attached to an aromatic ring is 1. The Labute approximate surface area is 110 Å². The summed E-state index contributed by atoms with van der Waals surface area (Å²) in [6.07, 6.45) is 4.02. The van der Waals surface area contributed by atoms with Gasteiger partial charge in [-0.2, -0.15) is 0 Å². The first-order valence-electron chi connectivity index (χ1n) is 7.05. The van der Waals surface area contributed by atoms with Gasteiger partial charge in [0.25, 0.3) is 0 Å². The van der Waals surface area contributed by atoms with E-state index in [1.807, 2.05) is 6.07 Å². The highest BCUT2D eigenvalue weighted by Crippen LogP contribution is 2.32. The molecule has 3 heteroatoms. The van der Waals surface area contributed by atoms with Crippen molar-refractivity contribution >= 4 is 11.4 Å². The van der Waals surface area contributed by atoms with Gasteiger partial charge in [-0.3, -0.25) is 0 Å². The molecule has 1 aromatic carbocycles. The Morgan fingerprint density at radius 1 is 1.22 bits per heavy atom. The van der Waals surface area contributed by atoms with Gasteiger partial charge < -0.3 is 15.5 Å². The summed E-state index contributed by atoms with van der Waals surface area (Å²) in [5, 5.41) is 0. The smallest absolute Gasteiger partial charge is 0.0386 e. The third-order valence-corrected chi connectivity index (χ3v) is 4.58. The number of piperidine rings is 2. The van der Waals surface area contributed by atoms with Gasteiger partial charge in [-0.1, -0.05) is 6.07 Å². The molecule has 0 bridgehead atoms. The number of hydrogen-bond donors (Lipinski definition) is 1. The molecule has 98 valence electrons. The molecule has 2 fully saturated rings. The summed E-state index contributed by atoms with van der Waals surface area (Å²) in [5.74, 6) is 0.832. The second kappa shape index (κ2) is 4.81. The lowest BCUT2D eigenvalue weighted by atomic mass is 9.84. The number of benzene rings is 1. The molecule has 18 heavy (non-hydrogen) atoms. The Morgan fingerprint density at radius 2 is 2.11 bits per heavy atom. The molecule has 3 rings (SSSR count). The number of rotatable bonds is 1. The zero-order valence-electron chi connectivity index (χ0n) is 11.2. The molecule has 2 saturated heterocycles. The van der Waals surface area contributed by atoms with Crippen molar-refractivity contribution in [2.75, 3.05) is 37.3 Å². The largest absolute Gasteiger partial charge is 0.399 e. The first kappa shape index (κ1) is 11.8. The minimum absolute atomic E-state index is 0.802. The maximum absolute atomic E-state index is 5.88. The maximum atomic E-state index is 5.88. The number of anilines is 2. The molecule has 0 saturated carbocycles. The van der Waals surface area contributed by atoms with Gasteiger partial charge in [0.1, 0.15) is 0 Å². The second-order valence-electron chi connectivity index (χ2n) is 5.78. The van der Waals surface area contributed by atoms with Crippen LogP contribution in [0.5, 0.6) is 0 Å². The van der Waals surface area contributed by atoms with Crippen molar-refractivity contribution in [1.29, 1.82) is 0 Å². The molecule has 2 atom stereocenters. The van der Waals surface area contributed by atoms with Crippen LogP contribution in [0.3, 0.4) is 0 Å². The van der Waals surface area contributed by atoms with Gasteiger partial charge in [0, 0.05) is 30.5 Å². The molecule has 0 aromatic heterocycles. The average Bonchev–Trinajstić information content (AvgIpc) is 2.39. The molecular formula is C15H23N3. The number of likely N-dealkylation sites (tertiary alicyclic amines) is 1. The fourth-order valence-corrected chi connectivity index (χ4v) is 3.61. The molecule has 2 aliphatic heterocycles. The van der Waals surface area contributed by atoms with E-state index in [-0.39, 0.29) is 0 Å². The number of fused-ring (bicyclic) bond motifs is 1. The molecule has 0 spiro atoms. The summed E-state index contributed by atoms with van der Waals surface area (Å²) in [7, 11) is 2.28. The maximum Gasteiger partial charge on any atom is 0.0386 e. The van der Waals surface area contributed by atoms with Crippen molar-refractivity contribution < 1.29 is 0 Å². The lowest BCUT2D eigenvalue weighted by Crippen LogP contribution is -2.52. The summed E-state index contributed by atoms with van der Waals surface area (Å²) in [6.45, 7) is 3.63. The average molecular weight is 245 g/mol. The predicted molar refractivity (Wildman–Crippen MR) is 76.8 cm³/mol. The molecule has 2 unspecified atom stereocenters. The summed E-state index contributed by atoms with van der Waals surface area (Å²) in [4.78, 5) is 5.07. The zero-order valence-corrected chi connectivity index (χ0v) is 11.2. The standard InChI is InChI=1S/C15H23N3/c1-17-8-3-4-12-11-18(9-7-15(12)17)14-6-2-5-13(16)10-14/h2,5-6,10,12,15H,3-4,7-9,11,16H2,1H3. The van der Waals surface area contributed by atoms with E-state index in [0.29, 0.717) is 0 Å². The summed E-state index contributed by atoms with van der Waals surface area (Å²) in [6, 6.07) is 9.11. The summed E-state index contributed by atoms with van der Waals surface area (Å²) < 4.78 is 0. The van der Waals surface area contributed by atoms with Crippen molar-refractivity contribution in [1.82, 2.24) is 4.90 Å². The molecule has 0 radical (unpaired) electrons. The van der Waals surface area contributed by atoms with E-state index >= 15 is 0 Å². The van der Waals surface area contributed by atoms with Crippen LogP contribution in [0.2, 0.25) is 0 Å². The minimum atomic E-state index is 0.802. The van der Waals surface area contributed by atoms with E-state index < -0.39 is 0 Å². The molecule has 0 aliphatic carbocycles. The van der Waals surface area contributed by atoms with Gasteiger partial charge in [-0.05, 0) is 57.0 Å². The lowest BCUT2D eigenvalue weighted by Gasteiger charge is -2.46. The molecule has 2 N–H and O–H groups in total. The Kier molecular flexibility index (Phi) is 3.16. The quantitative estimate of drug-likeness (QED) is 0.770. The van der Waals surface area contributed by atoms with Crippen LogP contribution >= 0.6 is 0 Å². The topological polar surface area (TPSA) is 32.5 Å². The van der Waals surface area contributed by atoms with Crippen LogP contribution in [0.25, 0.3) is 0 Å². The van der Waals surface area contributed by atoms with Crippen LogP contribution in [0, 0.1) is 5.92 Å². The second-order valence-corrected chi connectivity index (χ2v) is 5.78. The SMILES string of the molecule is CN1CCCC2CN(c3cccc(N)c3)CCC21. The van der Waals surface area contributed by atoms with Crippen LogP contribution < -0.4 is 10.6 Å². The van der Waals surface area contributed by atoms with Gasteiger partial charge in [0.05, 0.1) is 0 Å². The first-order valence-corrected chi connectivity index (χ1v) is 7.05. The van der Waals surface area contributed by atoms with Crippen molar-refractivity contribution in [2.45, 2.75) is 25.3 Å². The van der Waals surface area contributed by atoms with Gasteiger partial charge in [-0.25, -0.2) is 0 Å². The molecule has 2 heterocycles. The summed E-state index contributed by atoms with van der Waals surface area (Å²) >= 11 is 0. The molecule has 3 nitrogen and oxygen atoms in total. The summed E-state index contributed by atoms with van der Waals surface area (Å²) in [5.41, 5.74) is 8.05. The van der Waals surface area contributed by atoms with Crippen molar-refractivity contribution in [3.8, 4) is 0 Å². The predicted octanol–water partition coefficient (Wildman–Crippen LogP) is 2.19. The van der Waals surface area contributed by atoms with Crippen molar-refractivity contribution in [3.05, 3.63) is 24.3 Å². The van der Waals surface area contributed by atoms with E-state index in [2.05, 4.69) is 35.0 Å². The molecule has 2 aliphatic rings. The molecule has 0 amide bonds. The van der Waals surface area contributed by atoms with Crippen molar-refractivity contribution in [3.63, 3.8) is 0 Å². The number of nitrogens with zero attached hydrogens (tertiary/aromatic N) is 2. The van der Waals surface area contributed by atoms with Crippen molar-refractivity contribution in [2.24, 2.45) is 5.92 Å². The lowest BCUT2D eigenvalue weighted by molar-refractivity contribution is 0.102. The van der Waals surface area contributed by atoms with Gasteiger partial charge in [0.15, 0.2) is 0 Å². The normalized spacial score (nSPS) is 29.1. The number of nitrogens with two attached hydrogens (primary N) is 1. The van der Waals surface area contributed by atoms with Crippen LogP contribution in [-0.4, -0.2) is 37.6 Å². The fourth-order valence-electron chi connectivity index (χ4n) is 3.61. The van der Waals surface area contributed by atoms with Gasteiger partial charge in [0.2, 0.25) is 0 Å². The van der Waals surface area contributed by atoms with E-state index in [4.69, 9.17) is 5.73 Å². The third kappa shape index (κ3) is 2.19. The van der Waals surface area contributed by atoms with Crippen LogP contribution in [0.15, 0.2) is 24.3 Å². The first-order chi connectivity index (χ1) is 8.74.